The molecule has 10 heteroatoms. The van der Waals surface area contributed by atoms with Gasteiger partial charge < -0.3 is 5.11 Å². The van der Waals surface area contributed by atoms with Gasteiger partial charge >= 0.3 is 5.97 Å². The van der Waals surface area contributed by atoms with Gasteiger partial charge in [0.15, 0.2) is 0 Å². The molecule has 2 aromatic carbocycles. The van der Waals surface area contributed by atoms with Gasteiger partial charge in [-0.2, -0.15) is 16.8 Å². The number of benzene rings is 2. The molecule has 6 rings (SSSR count). The third-order valence-corrected chi connectivity index (χ3v) is 16.0. The Morgan fingerprint density at radius 1 is 0.771 bits per heavy atom. The highest BCUT2D eigenvalue weighted by atomic mass is 32.2. The zero-order chi connectivity index (χ0) is 34.6. The fourth-order valence-electron chi connectivity index (χ4n) is 10.8. The number of carbonyl (C=O) groups is 1. The van der Waals surface area contributed by atoms with Crippen molar-refractivity contribution >= 4 is 26.2 Å². The fraction of sp³-hybridized carbons (Fsp3) is 0.658. The number of rotatable bonds is 10. The molecule has 0 heterocycles. The van der Waals surface area contributed by atoms with Crippen molar-refractivity contribution in [2.45, 2.75) is 121 Å². The molecule has 1 unspecified atom stereocenters. The summed E-state index contributed by atoms with van der Waals surface area (Å²) in [7, 11) is -8.08. The molecule has 4 aliphatic rings. The maximum atomic E-state index is 13.8. The van der Waals surface area contributed by atoms with Crippen molar-refractivity contribution in [3.63, 3.8) is 0 Å². The second-order valence-electron chi connectivity index (χ2n) is 16.0. The van der Waals surface area contributed by atoms with Crippen LogP contribution in [0.25, 0.3) is 0 Å². The first-order valence-electron chi connectivity index (χ1n) is 17.8. The van der Waals surface area contributed by atoms with E-state index in [1.807, 2.05) is 13.8 Å². The highest BCUT2D eigenvalue weighted by Gasteiger charge is 2.63. The van der Waals surface area contributed by atoms with Crippen LogP contribution in [0.5, 0.6) is 0 Å². The lowest BCUT2D eigenvalue weighted by molar-refractivity contribution is -0.163. The highest BCUT2D eigenvalue weighted by molar-refractivity contribution is 7.87. The first-order chi connectivity index (χ1) is 22.5. The molecule has 0 saturated heterocycles. The van der Waals surface area contributed by atoms with Gasteiger partial charge in [-0.25, -0.2) is 0 Å². The van der Waals surface area contributed by atoms with Gasteiger partial charge in [-0.3, -0.25) is 13.2 Å². The van der Waals surface area contributed by atoms with Crippen LogP contribution in [0.1, 0.15) is 96.1 Å². The van der Waals surface area contributed by atoms with E-state index < -0.39 is 38.4 Å². The van der Waals surface area contributed by atoms with Crippen LogP contribution in [0.2, 0.25) is 0 Å². The summed E-state index contributed by atoms with van der Waals surface area (Å²) in [4.78, 5) is 11.6. The molecule has 0 aliphatic heterocycles. The minimum Gasteiger partial charge on any atom is -0.481 e. The average Bonchev–Trinajstić information content (AvgIpc) is 3.38. The number of hydrogen-bond donors (Lipinski definition) is 1. The molecule has 0 aromatic heterocycles. The molecule has 1 N–H and O–H groups in total. The lowest BCUT2D eigenvalue weighted by Crippen LogP contribution is -2.59. The summed E-state index contributed by atoms with van der Waals surface area (Å²) in [5.41, 5.74) is 1.74. The van der Waals surface area contributed by atoms with E-state index in [-0.39, 0.29) is 38.9 Å². The summed E-state index contributed by atoms with van der Waals surface area (Å²) in [6, 6.07) is 13.4. The van der Waals surface area contributed by atoms with Crippen LogP contribution in [-0.2, 0) is 33.4 Å². The van der Waals surface area contributed by atoms with Gasteiger partial charge in [0.05, 0.1) is 22.0 Å². The molecule has 2 aromatic rings. The minimum atomic E-state index is -4.08. The SMILES string of the molecule is Cc1ccc(S(=O)(=O)O[C@@H]2CC[C@]3(C)[C@H]4CC[C@]5(C)[C@@H](C(C)CCC(=O)O)CC[C@H]5[C@@H]4C[C@H](OS(=O)(=O)c4ccc(C)cc4)[C@@H]3C2)cc1. The Kier molecular flexibility index (Phi) is 9.72. The fourth-order valence-corrected chi connectivity index (χ4v) is 13.0. The van der Waals surface area contributed by atoms with Gasteiger partial charge in [0.2, 0.25) is 0 Å². The van der Waals surface area contributed by atoms with E-state index in [0.717, 1.165) is 43.2 Å². The summed E-state index contributed by atoms with van der Waals surface area (Å²) in [6.45, 7) is 10.7. The van der Waals surface area contributed by atoms with Crippen LogP contribution >= 0.6 is 0 Å². The Morgan fingerprint density at radius 3 is 1.90 bits per heavy atom. The van der Waals surface area contributed by atoms with Crippen LogP contribution in [0.3, 0.4) is 0 Å². The molecule has 0 amide bonds. The molecule has 264 valence electrons. The second-order valence-corrected chi connectivity index (χ2v) is 19.2. The maximum absolute atomic E-state index is 13.8. The van der Waals surface area contributed by atoms with Gasteiger partial charge in [-0.15, -0.1) is 0 Å². The topological polar surface area (TPSA) is 124 Å². The Bertz CT molecular complexity index is 1700. The van der Waals surface area contributed by atoms with E-state index in [2.05, 4.69) is 20.8 Å². The van der Waals surface area contributed by atoms with E-state index in [1.54, 1.807) is 48.5 Å². The molecule has 4 aliphatic carbocycles. The summed E-state index contributed by atoms with van der Waals surface area (Å²) < 4.78 is 66.6. The zero-order valence-electron chi connectivity index (χ0n) is 28.9. The first kappa shape index (κ1) is 35.6. The van der Waals surface area contributed by atoms with Crippen LogP contribution in [0.4, 0.5) is 0 Å². The lowest BCUT2D eigenvalue weighted by atomic mass is 9.43. The first-order valence-corrected chi connectivity index (χ1v) is 20.6. The van der Waals surface area contributed by atoms with Gasteiger partial charge in [0.1, 0.15) is 0 Å². The normalized spacial score (nSPS) is 35.6. The van der Waals surface area contributed by atoms with Crippen LogP contribution < -0.4 is 0 Å². The third kappa shape index (κ3) is 6.63. The largest absolute Gasteiger partial charge is 0.481 e. The quantitative estimate of drug-likeness (QED) is 0.248. The second kappa shape index (κ2) is 13.1. The van der Waals surface area contributed by atoms with Crippen LogP contribution in [0.15, 0.2) is 58.3 Å². The van der Waals surface area contributed by atoms with Crippen molar-refractivity contribution < 1.29 is 35.1 Å². The Labute approximate surface area is 287 Å². The minimum absolute atomic E-state index is 0.0606. The smallest absolute Gasteiger partial charge is 0.303 e. The van der Waals surface area contributed by atoms with Gasteiger partial charge in [-0.1, -0.05) is 56.2 Å². The van der Waals surface area contributed by atoms with Gasteiger partial charge in [0, 0.05) is 6.42 Å². The predicted octanol–water partition coefficient (Wildman–Crippen LogP) is 7.92. The number of carboxylic acid groups (broad SMARTS) is 1. The van der Waals surface area contributed by atoms with Crippen LogP contribution in [-0.4, -0.2) is 40.1 Å². The molecule has 0 radical (unpaired) electrons. The van der Waals surface area contributed by atoms with Crippen molar-refractivity contribution in [2.24, 2.45) is 46.3 Å². The van der Waals surface area contributed by atoms with Crippen molar-refractivity contribution in [1.29, 1.82) is 0 Å². The van der Waals surface area contributed by atoms with Crippen LogP contribution in [0, 0.1) is 60.2 Å². The maximum Gasteiger partial charge on any atom is 0.303 e. The van der Waals surface area contributed by atoms with E-state index in [0.29, 0.717) is 49.4 Å². The lowest BCUT2D eigenvalue weighted by Gasteiger charge is -2.62. The molecule has 4 saturated carbocycles. The van der Waals surface area contributed by atoms with E-state index in [9.17, 15) is 26.7 Å². The summed E-state index contributed by atoms with van der Waals surface area (Å²) in [5.74, 6) is 0.825. The van der Waals surface area contributed by atoms with Crippen molar-refractivity contribution in [2.75, 3.05) is 0 Å². The summed E-state index contributed by atoms with van der Waals surface area (Å²) in [5, 5.41) is 9.36. The monoisotopic (exact) mass is 700 g/mol. The molecule has 8 nitrogen and oxygen atoms in total. The molecule has 10 atom stereocenters. The summed E-state index contributed by atoms with van der Waals surface area (Å²) >= 11 is 0. The van der Waals surface area contributed by atoms with Crippen molar-refractivity contribution in [3.05, 3.63) is 59.7 Å². The molecule has 0 bridgehead atoms. The van der Waals surface area contributed by atoms with Crippen molar-refractivity contribution in [3.8, 4) is 0 Å². The van der Waals surface area contributed by atoms with E-state index >= 15 is 0 Å². The number of carboxylic acids is 1. The number of fused-ring (bicyclic) bond motifs is 5. The molecule has 48 heavy (non-hydrogen) atoms. The number of hydrogen-bond acceptors (Lipinski definition) is 7. The Hall–Kier alpha value is -2.27. The zero-order valence-corrected chi connectivity index (χ0v) is 30.6. The Balaban J connectivity index is 1.30. The number of aliphatic carboxylic acids is 1. The molecular formula is C38H52O8S2. The standard InChI is InChI=1S/C38H52O8S2/c1-24-6-11-28(12-7-24)47(41,42)45-27-18-20-38(5)33-19-21-37(4)31(26(3)10-17-36(39)40)15-16-32(37)30(33)23-35(34(38)22-27)46-48(43,44)29-13-8-25(2)9-14-29/h6-9,11-14,26-27,30-35H,10,15-23H2,1-5H3,(H,39,40)/t26?,27-,30+,31-,32+,33+,34+,35+,37-,38-/m1/s1. The van der Waals surface area contributed by atoms with Gasteiger partial charge in [0.25, 0.3) is 20.2 Å². The highest BCUT2D eigenvalue weighted by Crippen LogP contribution is 2.69. The average molecular weight is 701 g/mol. The van der Waals surface area contributed by atoms with Gasteiger partial charge in [-0.05, 0) is 142 Å². The van der Waals surface area contributed by atoms with E-state index in [4.69, 9.17) is 8.37 Å². The molecule has 0 spiro atoms. The van der Waals surface area contributed by atoms with Crippen molar-refractivity contribution in [1.82, 2.24) is 0 Å². The Morgan fingerprint density at radius 2 is 1.31 bits per heavy atom. The summed E-state index contributed by atoms with van der Waals surface area (Å²) in [6.07, 6.45) is 6.21. The molecule has 4 fully saturated rings. The number of aryl methyl sites for hydroxylation is 2. The van der Waals surface area contributed by atoms with E-state index in [1.165, 1.54) is 0 Å². The third-order valence-electron chi connectivity index (χ3n) is 13.3. The predicted molar refractivity (Wildman–Crippen MR) is 183 cm³/mol. The molecular weight excluding hydrogens is 649 g/mol.